The van der Waals surface area contributed by atoms with Gasteiger partial charge >= 0.3 is 35.2 Å². The first-order valence-electron chi connectivity index (χ1n) is 7.93. The molecule has 2 aromatic carbocycles. The van der Waals surface area contributed by atoms with Crippen molar-refractivity contribution in [3.63, 3.8) is 0 Å². The van der Waals surface area contributed by atoms with E-state index in [1.54, 1.807) is 30.3 Å². The Kier molecular flexibility index (Phi) is 7.05. The summed E-state index contributed by atoms with van der Waals surface area (Å²) in [4.78, 5) is 21.8. The molecule has 0 aliphatic carbocycles. The number of anilines is 1. The third kappa shape index (κ3) is 4.71. The van der Waals surface area contributed by atoms with Crippen molar-refractivity contribution in [2.24, 2.45) is 15.3 Å². The van der Waals surface area contributed by atoms with Crippen LogP contribution < -0.4 is 34.6 Å². The number of amides is 1. The fraction of sp³-hybridized carbons (Fsp3) is 0.125. The maximum atomic E-state index is 12.6. The molecule has 0 bridgehead atoms. The second-order valence-electron chi connectivity index (χ2n) is 5.88. The van der Waals surface area contributed by atoms with Crippen LogP contribution >= 0.6 is 0 Å². The van der Waals surface area contributed by atoms with Crippen molar-refractivity contribution in [2.75, 3.05) is 5.01 Å². The molecule has 14 heteroatoms. The number of phenolic OH excluding ortho intramolecular Hbond substituents is 1. The summed E-state index contributed by atoms with van der Waals surface area (Å²) >= 11 is 0. The fourth-order valence-electron chi connectivity index (χ4n) is 2.52. The van der Waals surface area contributed by atoms with Crippen LogP contribution in [-0.2, 0) is 14.9 Å². The van der Waals surface area contributed by atoms with Gasteiger partial charge in [0.1, 0.15) is 20.7 Å². The van der Waals surface area contributed by atoms with Gasteiger partial charge in [-0.25, -0.2) is 13.6 Å². The van der Waals surface area contributed by atoms with Gasteiger partial charge in [0, 0.05) is 6.07 Å². The molecular formula is C16H13N5NaO7S+. The number of rotatable bonds is 5. The number of aromatic hydroxyl groups is 1. The Bertz CT molecular complexity index is 1170. The molecule has 2 aromatic rings. The van der Waals surface area contributed by atoms with E-state index in [9.17, 15) is 27.8 Å². The zero-order valence-corrected chi connectivity index (χ0v) is 18.5. The number of carbonyl (C=O) groups is 1. The molecule has 150 valence electrons. The van der Waals surface area contributed by atoms with Gasteiger partial charge in [-0.2, -0.15) is 20.3 Å². The molecule has 2 N–H and O–H groups in total. The summed E-state index contributed by atoms with van der Waals surface area (Å²) in [5, 5.41) is 31.6. The third-order valence-corrected chi connectivity index (χ3v) is 4.76. The van der Waals surface area contributed by atoms with Crippen molar-refractivity contribution in [3.8, 4) is 5.75 Å². The van der Waals surface area contributed by atoms with Crippen LogP contribution in [-0.4, -0.2) is 45.9 Å². The molecule has 1 aliphatic heterocycles. The number of phenols is 1. The van der Waals surface area contributed by atoms with Gasteiger partial charge in [-0.3, -0.25) is 4.79 Å². The van der Waals surface area contributed by atoms with Gasteiger partial charge < -0.3 is 9.66 Å². The van der Waals surface area contributed by atoms with E-state index < -0.39 is 49.0 Å². The molecule has 1 heterocycles. The van der Waals surface area contributed by atoms with Gasteiger partial charge in [-0.1, -0.05) is 18.2 Å². The fourth-order valence-corrected chi connectivity index (χ4v) is 3.13. The Morgan fingerprint density at radius 3 is 2.43 bits per heavy atom. The van der Waals surface area contributed by atoms with Crippen LogP contribution in [0.15, 0.2) is 62.7 Å². The molecule has 3 rings (SSSR count). The first-order chi connectivity index (χ1) is 13.6. The van der Waals surface area contributed by atoms with E-state index in [1.807, 2.05) is 0 Å². The van der Waals surface area contributed by atoms with E-state index in [0.29, 0.717) is 11.8 Å². The van der Waals surface area contributed by atoms with E-state index in [-0.39, 0.29) is 35.3 Å². The number of hydrogen-bond acceptors (Lipinski definition) is 9. The second kappa shape index (κ2) is 8.97. The number of benzene rings is 2. The van der Waals surface area contributed by atoms with Crippen LogP contribution in [0, 0.1) is 4.91 Å². The van der Waals surface area contributed by atoms with Crippen molar-refractivity contribution in [3.05, 3.63) is 47.4 Å². The first-order valence-corrected chi connectivity index (χ1v) is 9.34. The number of nitrogens with zero attached hydrogens (tertiary/aromatic N) is 5. The number of azo groups is 1. The van der Waals surface area contributed by atoms with Crippen molar-refractivity contribution in [1.82, 2.24) is 0 Å². The van der Waals surface area contributed by atoms with Gasteiger partial charge in [-0.05, 0) is 19.1 Å². The summed E-state index contributed by atoms with van der Waals surface area (Å²) in [7, 11) is -5.19. The summed E-state index contributed by atoms with van der Waals surface area (Å²) in [6.07, 6.45) is 0. The molecule has 30 heavy (non-hydrogen) atoms. The van der Waals surface area contributed by atoms with Crippen LogP contribution in [0.5, 0.6) is 5.75 Å². The summed E-state index contributed by atoms with van der Waals surface area (Å²) in [6.45, 7) is 1.52. The van der Waals surface area contributed by atoms with Crippen molar-refractivity contribution < 1.29 is 62.6 Å². The van der Waals surface area contributed by atoms with Gasteiger partial charge in [0.15, 0.2) is 11.8 Å². The minimum Gasteiger partial charge on any atom is -0.744 e. The normalized spacial score (nSPS) is 16.5. The molecular weight excluding hydrogens is 429 g/mol. The molecule has 1 unspecified atom stereocenters. The topological polar surface area (TPSA) is 175 Å². The molecule has 0 fully saturated rings. The minimum atomic E-state index is -5.19. The van der Waals surface area contributed by atoms with E-state index in [2.05, 4.69) is 15.3 Å². The van der Waals surface area contributed by atoms with Crippen LogP contribution in [0.4, 0.5) is 17.1 Å². The molecule has 1 aliphatic rings. The number of carbonyl (C=O) groups excluding carboxylic acids is 1. The quantitative estimate of drug-likeness (QED) is 0.258. The monoisotopic (exact) mass is 442 g/mol. The average Bonchev–Trinajstić information content (AvgIpc) is 2.94. The largest absolute Gasteiger partial charge is 1.00 e. The Morgan fingerprint density at radius 2 is 1.87 bits per heavy atom. The van der Waals surface area contributed by atoms with Crippen molar-refractivity contribution >= 4 is 38.8 Å². The van der Waals surface area contributed by atoms with Crippen molar-refractivity contribution in [2.45, 2.75) is 17.9 Å². The molecule has 0 aromatic heterocycles. The van der Waals surface area contributed by atoms with Gasteiger partial charge in [-0.15, -0.1) is 0 Å². The van der Waals surface area contributed by atoms with E-state index in [1.165, 1.54) is 6.92 Å². The van der Waals surface area contributed by atoms with Gasteiger partial charge in [0.2, 0.25) is 0 Å². The smallest absolute Gasteiger partial charge is 0.744 e. The molecule has 0 spiro atoms. The number of para-hydroxylation sites is 1. The summed E-state index contributed by atoms with van der Waals surface area (Å²) in [6, 6.07) is 8.58. The Morgan fingerprint density at radius 1 is 1.23 bits per heavy atom. The standard InChI is InChI=1S/C16H13N5O7S.Na/c1-9-14(16(23)20(19-9)10-5-3-2-4-6-10)18-17-12-7-11(21(24)25)8-13(15(12)22)29(26,27)28;/h2-8,14H,1H3,(H2-,18,22,24,25,26,27,28);/q;+1. The number of hydrazone groups is 1. The van der Waals surface area contributed by atoms with Gasteiger partial charge in [0.05, 0.1) is 22.4 Å². The van der Waals surface area contributed by atoms with Gasteiger partial charge in [0.25, 0.3) is 10.8 Å². The average molecular weight is 442 g/mol. The predicted octanol–water partition coefficient (Wildman–Crippen LogP) is -1.03. The van der Waals surface area contributed by atoms with E-state index in [4.69, 9.17) is 5.21 Å². The number of hydrogen-bond donors (Lipinski definition) is 2. The van der Waals surface area contributed by atoms with Crippen LogP contribution in [0.3, 0.4) is 0 Å². The molecule has 0 radical (unpaired) electrons. The molecule has 1 atom stereocenters. The Balaban J connectivity index is 0.00000320. The molecule has 0 saturated heterocycles. The second-order valence-corrected chi connectivity index (χ2v) is 7.23. The molecule has 0 saturated carbocycles. The zero-order chi connectivity index (χ0) is 21.3. The Labute approximate surface area is 192 Å². The Hall–Kier alpha value is -2.71. The molecule has 12 nitrogen and oxygen atoms in total. The predicted molar refractivity (Wildman–Crippen MR) is 96.5 cm³/mol. The maximum Gasteiger partial charge on any atom is 1.00 e. The zero-order valence-electron chi connectivity index (χ0n) is 15.7. The summed E-state index contributed by atoms with van der Waals surface area (Å²) < 4.78 is 33.8. The van der Waals surface area contributed by atoms with E-state index in [0.717, 1.165) is 11.1 Å². The maximum absolute atomic E-state index is 12.6. The first kappa shape index (κ1) is 23.6. The van der Waals surface area contributed by atoms with E-state index >= 15 is 0 Å². The third-order valence-electron chi connectivity index (χ3n) is 3.91. The van der Waals surface area contributed by atoms with Crippen LogP contribution in [0.25, 0.3) is 0 Å². The molecule has 1 amide bonds. The summed E-state index contributed by atoms with van der Waals surface area (Å²) in [5.74, 6) is -1.63. The van der Waals surface area contributed by atoms with Crippen LogP contribution in [0.1, 0.15) is 6.92 Å². The van der Waals surface area contributed by atoms with Crippen molar-refractivity contribution in [1.29, 1.82) is 0 Å². The van der Waals surface area contributed by atoms with Crippen LogP contribution in [0.2, 0.25) is 0 Å². The SMILES string of the molecule is CC1=NN(c2ccccc2)C(=O)C1N=Nc1cc([N+](=O)O)cc(S(=O)(=O)[O-])c1O.[Na+]. The minimum absolute atomic E-state index is 0. The summed E-state index contributed by atoms with van der Waals surface area (Å²) in [5.41, 5.74) is -0.533.